The first-order chi connectivity index (χ1) is 17.9. The van der Waals surface area contributed by atoms with Gasteiger partial charge < -0.3 is 9.47 Å². The van der Waals surface area contributed by atoms with Crippen LogP contribution in [0.25, 0.3) is 28.1 Å². The minimum absolute atomic E-state index is 0.00928. The lowest BCUT2D eigenvalue weighted by molar-refractivity contribution is 0.0526. The van der Waals surface area contributed by atoms with Crippen molar-refractivity contribution in [1.82, 2.24) is 29.5 Å². The van der Waals surface area contributed by atoms with E-state index in [1.807, 2.05) is 0 Å². The van der Waals surface area contributed by atoms with E-state index in [1.165, 1.54) is 53.3 Å². The van der Waals surface area contributed by atoms with Gasteiger partial charge in [-0.3, -0.25) is 4.68 Å². The number of fused-ring (bicyclic) bond motifs is 1. The van der Waals surface area contributed by atoms with E-state index in [2.05, 4.69) is 20.2 Å². The average Bonchev–Trinajstić information content (AvgIpc) is 3.53. The molecule has 5 rings (SSSR count). The molecule has 12 heteroatoms. The van der Waals surface area contributed by atoms with Gasteiger partial charge in [0.2, 0.25) is 5.88 Å². The predicted octanol–water partition coefficient (Wildman–Crippen LogP) is 4.33. The molecule has 0 bridgehead atoms. The van der Waals surface area contributed by atoms with Crippen LogP contribution in [0.2, 0.25) is 0 Å². The Labute approximate surface area is 208 Å². The Morgan fingerprint density at radius 2 is 1.84 bits per heavy atom. The molecule has 3 aromatic heterocycles. The Balaban J connectivity index is 1.46. The molecule has 0 N–H and O–H groups in total. The number of carbonyl (C=O) groups is 1. The lowest BCUT2D eigenvalue weighted by atomic mass is 10.0. The van der Waals surface area contributed by atoms with Crippen molar-refractivity contribution in [3.63, 3.8) is 0 Å². The van der Waals surface area contributed by atoms with Crippen LogP contribution in [0.4, 0.5) is 13.2 Å². The topological polar surface area (TPSA) is 97.0 Å². The van der Waals surface area contributed by atoms with Crippen LogP contribution < -0.4 is 4.74 Å². The van der Waals surface area contributed by atoms with Crippen LogP contribution in [-0.2, 0) is 11.3 Å². The highest BCUT2D eigenvalue weighted by molar-refractivity contribution is 5.88. The van der Waals surface area contributed by atoms with Gasteiger partial charge in [-0.15, -0.1) is 0 Å². The van der Waals surface area contributed by atoms with E-state index in [1.54, 1.807) is 13.0 Å². The van der Waals surface area contributed by atoms with Crippen molar-refractivity contribution in [1.29, 1.82) is 0 Å². The molecule has 0 aliphatic rings. The van der Waals surface area contributed by atoms with E-state index in [9.17, 15) is 18.0 Å². The molecule has 0 aliphatic carbocycles. The van der Waals surface area contributed by atoms with Crippen LogP contribution in [0.15, 0.2) is 55.0 Å². The smallest absolute Gasteiger partial charge is 0.341 e. The summed E-state index contributed by atoms with van der Waals surface area (Å²) in [6.45, 7) is 1.94. The summed E-state index contributed by atoms with van der Waals surface area (Å²) in [5, 5.41) is 8.41. The molecule has 37 heavy (non-hydrogen) atoms. The van der Waals surface area contributed by atoms with Crippen LogP contribution in [0, 0.1) is 17.5 Å². The average molecular weight is 508 g/mol. The Hall–Kier alpha value is -4.74. The number of carbonyl (C=O) groups excluding carboxylic acids is 1. The van der Waals surface area contributed by atoms with Crippen molar-refractivity contribution in [2.75, 3.05) is 13.7 Å². The standard InChI is InChI=1S/C25H19F3N6O3/c1-3-37-24(35)16-10-29-34(13-16)25-31-21-11-30-33(22(21)23(32-25)36-2)12-15-5-4-14(8-19(15)27)18-7-6-17(26)9-20(18)28/h4-11,13H,3,12H2,1-2H3. The maximum absolute atomic E-state index is 15.0. The van der Waals surface area contributed by atoms with Gasteiger partial charge in [0.15, 0.2) is 0 Å². The van der Waals surface area contributed by atoms with Crippen LogP contribution in [0.1, 0.15) is 22.8 Å². The molecule has 0 fully saturated rings. The fraction of sp³-hybridized carbons (Fsp3) is 0.160. The molecule has 3 heterocycles. The molecule has 0 saturated heterocycles. The summed E-state index contributed by atoms with van der Waals surface area (Å²) in [6, 6.07) is 7.35. The third kappa shape index (κ3) is 4.60. The summed E-state index contributed by atoms with van der Waals surface area (Å²) < 4.78 is 55.5. The van der Waals surface area contributed by atoms with Crippen molar-refractivity contribution in [2.24, 2.45) is 0 Å². The van der Waals surface area contributed by atoms with Gasteiger partial charge in [0.05, 0.1) is 38.2 Å². The number of nitrogens with zero attached hydrogens (tertiary/aromatic N) is 6. The summed E-state index contributed by atoms with van der Waals surface area (Å²) in [7, 11) is 1.42. The van der Waals surface area contributed by atoms with Gasteiger partial charge in [0.25, 0.3) is 5.95 Å². The normalized spacial score (nSPS) is 11.2. The highest BCUT2D eigenvalue weighted by atomic mass is 19.1. The molecule has 188 valence electrons. The van der Waals surface area contributed by atoms with Gasteiger partial charge in [-0.05, 0) is 30.7 Å². The van der Waals surface area contributed by atoms with Crippen molar-refractivity contribution in [2.45, 2.75) is 13.5 Å². The number of rotatable bonds is 7. The molecule has 0 aliphatic heterocycles. The minimum atomic E-state index is -0.783. The lowest BCUT2D eigenvalue weighted by Gasteiger charge is -2.10. The Morgan fingerprint density at radius 1 is 1.00 bits per heavy atom. The van der Waals surface area contributed by atoms with E-state index in [4.69, 9.17) is 9.47 Å². The van der Waals surface area contributed by atoms with Gasteiger partial charge in [0.1, 0.15) is 28.5 Å². The summed E-state index contributed by atoms with van der Waals surface area (Å²) >= 11 is 0. The third-order valence-corrected chi connectivity index (χ3v) is 5.55. The number of benzene rings is 2. The van der Waals surface area contributed by atoms with Crippen molar-refractivity contribution >= 4 is 17.0 Å². The molecule has 9 nitrogen and oxygen atoms in total. The quantitative estimate of drug-likeness (QED) is 0.302. The highest BCUT2D eigenvalue weighted by Gasteiger charge is 2.19. The van der Waals surface area contributed by atoms with Crippen molar-refractivity contribution < 1.29 is 27.4 Å². The Morgan fingerprint density at radius 3 is 2.57 bits per heavy atom. The molecule has 0 atom stereocenters. The molecule has 5 aromatic rings. The van der Waals surface area contributed by atoms with Gasteiger partial charge in [-0.2, -0.15) is 15.2 Å². The Bertz CT molecular complexity index is 1630. The van der Waals surface area contributed by atoms with E-state index in [-0.39, 0.29) is 47.2 Å². The second kappa shape index (κ2) is 9.72. The van der Waals surface area contributed by atoms with Crippen LogP contribution >= 0.6 is 0 Å². The number of esters is 1. The molecule has 0 unspecified atom stereocenters. The third-order valence-electron chi connectivity index (χ3n) is 5.55. The SMILES string of the molecule is CCOC(=O)c1cnn(-c2nc(OC)c3c(cnn3Cc3ccc(-c4ccc(F)cc4F)cc3F)n2)c1. The molecule has 0 saturated carbocycles. The minimum Gasteiger partial charge on any atom is -0.479 e. The fourth-order valence-electron chi connectivity index (χ4n) is 3.80. The molecular weight excluding hydrogens is 489 g/mol. The van der Waals surface area contributed by atoms with Crippen LogP contribution in [-0.4, -0.2) is 49.2 Å². The van der Waals surface area contributed by atoms with Crippen molar-refractivity contribution in [3.05, 3.63) is 83.6 Å². The predicted molar refractivity (Wildman–Crippen MR) is 126 cm³/mol. The summed E-state index contributed by atoms with van der Waals surface area (Å²) in [6.07, 6.45) is 4.24. The van der Waals surface area contributed by atoms with E-state index < -0.39 is 23.4 Å². The first kappa shape index (κ1) is 24.0. The number of hydrogen-bond donors (Lipinski definition) is 0. The maximum atomic E-state index is 15.0. The zero-order chi connectivity index (χ0) is 26.1. The number of aromatic nitrogens is 6. The van der Waals surface area contributed by atoms with Gasteiger partial charge in [0, 0.05) is 23.4 Å². The second-order valence-corrected chi connectivity index (χ2v) is 7.89. The molecule has 0 amide bonds. The Kier molecular flexibility index (Phi) is 6.30. The first-order valence-electron chi connectivity index (χ1n) is 11.1. The zero-order valence-corrected chi connectivity index (χ0v) is 19.7. The van der Waals surface area contributed by atoms with E-state index in [0.717, 1.165) is 12.1 Å². The number of methoxy groups -OCH3 is 1. The summed E-state index contributed by atoms with van der Waals surface area (Å²) in [5.41, 5.74) is 1.69. The molecule has 2 aromatic carbocycles. The monoisotopic (exact) mass is 508 g/mol. The van der Waals surface area contributed by atoms with E-state index in [0.29, 0.717) is 11.0 Å². The summed E-state index contributed by atoms with van der Waals surface area (Å²) in [5.74, 6) is -2.31. The largest absolute Gasteiger partial charge is 0.479 e. The highest BCUT2D eigenvalue weighted by Crippen LogP contribution is 2.28. The number of ether oxygens (including phenoxy) is 2. The van der Waals surface area contributed by atoms with Gasteiger partial charge in [-0.1, -0.05) is 12.1 Å². The maximum Gasteiger partial charge on any atom is 0.341 e. The summed E-state index contributed by atoms with van der Waals surface area (Å²) in [4.78, 5) is 20.7. The van der Waals surface area contributed by atoms with Crippen LogP contribution in [0.5, 0.6) is 5.88 Å². The number of halogens is 3. The molecule has 0 radical (unpaired) electrons. The van der Waals surface area contributed by atoms with E-state index >= 15 is 0 Å². The van der Waals surface area contributed by atoms with Gasteiger partial charge in [-0.25, -0.2) is 27.6 Å². The van der Waals surface area contributed by atoms with Crippen molar-refractivity contribution in [3.8, 4) is 23.0 Å². The second-order valence-electron chi connectivity index (χ2n) is 7.89. The molecule has 0 spiro atoms. The van der Waals surface area contributed by atoms with Gasteiger partial charge >= 0.3 is 5.97 Å². The lowest BCUT2D eigenvalue weighted by Crippen LogP contribution is -2.08. The first-order valence-corrected chi connectivity index (χ1v) is 11.1. The van der Waals surface area contributed by atoms with Crippen LogP contribution in [0.3, 0.4) is 0 Å². The zero-order valence-electron chi connectivity index (χ0n) is 19.7. The molecular formula is C25H19F3N6O3. The fourth-order valence-corrected chi connectivity index (χ4v) is 3.80. The number of hydrogen-bond acceptors (Lipinski definition) is 7.